The molecule has 0 aromatic rings. The zero-order valence-corrected chi connectivity index (χ0v) is 12.7. The standard InChI is InChI=1S/C12H27N3O2S/c1-4-8-14(3)18(16,17)15-9-6-12(7-10-15)11-13-5-2/h12-13H,4-11H2,1-3H3. The summed E-state index contributed by atoms with van der Waals surface area (Å²) in [6.45, 7) is 8.00. The van der Waals surface area contributed by atoms with Crippen LogP contribution >= 0.6 is 0 Å². The van der Waals surface area contributed by atoms with Gasteiger partial charge in [0.1, 0.15) is 0 Å². The lowest BCUT2D eigenvalue weighted by atomic mass is 9.98. The van der Waals surface area contributed by atoms with Crippen molar-refractivity contribution in [2.45, 2.75) is 33.1 Å². The second-order valence-corrected chi connectivity index (χ2v) is 7.01. The molecule has 0 unspecified atom stereocenters. The van der Waals surface area contributed by atoms with E-state index >= 15 is 0 Å². The van der Waals surface area contributed by atoms with Crippen molar-refractivity contribution < 1.29 is 8.42 Å². The Kier molecular flexibility index (Phi) is 6.55. The van der Waals surface area contributed by atoms with Gasteiger partial charge in [0.15, 0.2) is 0 Å². The van der Waals surface area contributed by atoms with Crippen molar-refractivity contribution in [2.24, 2.45) is 5.92 Å². The van der Waals surface area contributed by atoms with Crippen LogP contribution in [0.15, 0.2) is 0 Å². The Labute approximate surface area is 112 Å². The van der Waals surface area contributed by atoms with Crippen molar-refractivity contribution in [1.82, 2.24) is 13.9 Å². The molecule has 0 radical (unpaired) electrons. The fourth-order valence-corrected chi connectivity index (χ4v) is 3.80. The van der Waals surface area contributed by atoms with Crippen LogP contribution in [0, 0.1) is 5.92 Å². The van der Waals surface area contributed by atoms with Crippen LogP contribution in [-0.2, 0) is 10.2 Å². The SMILES string of the molecule is CCCN(C)S(=O)(=O)N1CCC(CNCC)CC1. The van der Waals surface area contributed by atoms with E-state index < -0.39 is 10.2 Å². The molecule has 18 heavy (non-hydrogen) atoms. The molecule has 0 saturated carbocycles. The van der Waals surface area contributed by atoms with Crippen molar-refractivity contribution in [3.63, 3.8) is 0 Å². The van der Waals surface area contributed by atoms with Gasteiger partial charge in [-0.15, -0.1) is 0 Å². The van der Waals surface area contributed by atoms with Crippen LogP contribution in [0.2, 0.25) is 0 Å². The Morgan fingerprint density at radius 1 is 1.28 bits per heavy atom. The van der Waals surface area contributed by atoms with E-state index in [0.29, 0.717) is 25.6 Å². The van der Waals surface area contributed by atoms with Gasteiger partial charge in [-0.2, -0.15) is 17.0 Å². The molecule has 1 fully saturated rings. The molecule has 0 aromatic carbocycles. The molecule has 0 bridgehead atoms. The maximum Gasteiger partial charge on any atom is 0.281 e. The van der Waals surface area contributed by atoms with E-state index in [-0.39, 0.29) is 0 Å². The minimum Gasteiger partial charge on any atom is -0.317 e. The third-order valence-electron chi connectivity index (χ3n) is 3.52. The highest BCUT2D eigenvalue weighted by molar-refractivity contribution is 7.86. The van der Waals surface area contributed by atoms with Crippen LogP contribution in [0.3, 0.4) is 0 Å². The predicted octanol–water partition coefficient (Wildman–Crippen LogP) is 0.895. The fraction of sp³-hybridized carbons (Fsp3) is 1.00. The van der Waals surface area contributed by atoms with Gasteiger partial charge in [0.25, 0.3) is 10.2 Å². The molecule has 0 spiro atoms. The average Bonchev–Trinajstić information content (AvgIpc) is 2.37. The van der Waals surface area contributed by atoms with Crippen LogP contribution < -0.4 is 5.32 Å². The lowest BCUT2D eigenvalue weighted by Crippen LogP contribution is -2.46. The first-order valence-corrected chi connectivity index (χ1v) is 8.34. The Morgan fingerprint density at radius 2 is 1.89 bits per heavy atom. The molecule has 0 atom stereocenters. The van der Waals surface area contributed by atoms with E-state index in [2.05, 4.69) is 12.2 Å². The van der Waals surface area contributed by atoms with Gasteiger partial charge in [0.2, 0.25) is 0 Å². The molecule has 1 aliphatic rings. The highest BCUT2D eigenvalue weighted by Gasteiger charge is 2.30. The minimum absolute atomic E-state index is 0.597. The summed E-state index contributed by atoms with van der Waals surface area (Å²) < 4.78 is 27.6. The molecular weight excluding hydrogens is 250 g/mol. The van der Waals surface area contributed by atoms with Gasteiger partial charge in [-0.05, 0) is 38.3 Å². The van der Waals surface area contributed by atoms with Crippen molar-refractivity contribution in [3.05, 3.63) is 0 Å². The molecule has 5 nitrogen and oxygen atoms in total. The Hall–Kier alpha value is -0.170. The maximum absolute atomic E-state index is 12.2. The average molecular weight is 277 g/mol. The van der Waals surface area contributed by atoms with E-state index in [0.717, 1.165) is 32.4 Å². The highest BCUT2D eigenvalue weighted by atomic mass is 32.2. The fourth-order valence-electron chi connectivity index (χ4n) is 2.32. The van der Waals surface area contributed by atoms with E-state index in [1.165, 1.54) is 4.31 Å². The van der Waals surface area contributed by atoms with Gasteiger partial charge < -0.3 is 5.32 Å². The molecule has 1 saturated heterocycles. The summed E-state index contributed by atoms with van der Waals surface area (Å²) >= 11 is 0. The predicted molar refractivity (Wildman–Crippen MR) is 74.7 cm³/mol. The first-order chi connectivity index (χ1) is 8.52. The molecule has 1 N–H and O–H groups in total. The molecule has 0 amide bonds. The van der Waals surface area contributed by atoms with Crippen molar-refractivity contribution in [2.75, 3.05) is 39.8 Å². The molecule has 0 aliphatic carbocycles. The van der Waals surface area contributed by atoms with Gasteiger partial charge in [-0.3, -0.25) is 0 Å². The normalized spacial score (nSPS) is 19.6. The number of hydrogen-bond acceptors (Lipinski definition) is 3. The first kappa shape index (κ1) is 15.9. The van der Waals surface area contributed by atoms with Gasteiger partial charge in [0, 0.05) is 26.7 Å². The topological polar surface area (TPSA) is 52.7 Å². The summed E-state index contributed by atoms with van der Waals surface area (Å²) in [4.78, 5) is 0. The summed E-state index contributed by atoms with van der Waals surface area (Å²) in [5.74, 6) is 0.618. The quantitative estimate of drug-likeness (QED) is 0.752. The zero-order chi connectivity index (χ0) is 13.6. The van der Waals surface area contributed by atoms with E-state index in [9.17, 15) is 8.42 Å². The van der Waals surface area contributed by atoms with Gasteiger partial charge in [0.05, 0.1) is 0 Å². The summed E-state index contributed by atoms with van der Waals surface area (Å²) in [5.41, 5.74) is 0. The van der Waals surface area contributed by atoms with Crippen LogP contribution in [0.25, 0.3) is 0 Å². The largest absolute Gasteiger partial charge is 0.317 e. The van der Waals surface area contributed by atoms with Gasteiger partial charge >= 0.3 is 0 Å². The second kappa shape index (κ2) is 7.43. The summed E-state index contributed by atoms with van der Waals surface area (Å²) in [5, 5.41) is 3.34. The number of piperidine rings is 1. The molecule has 6 heteroatoms. The Bertz CT molecular complexity index is 324. The van der Waals surface area contributed by atoms with Crippen LogP contribution in [-0.4, -0.2) is 56.8 Å². The zero-order valence-electron chi connectivity index (χ0n) is 11.9. The maximum atomic E-state index is 12.2. The molecule has 1 heterocycles. The van der Waals surface area contributed by atoms with Gasteiger partial charge in [-0.25, -0.2) is 0 Å². The monoisotopic (exact) mass is 277 g/mol. The summed E-state index contributed by atoms with van der Waals surface area (Å²) in [6, 6.07) is 0. The smallest absolute Gasteiger partial charge is 0.281 e. The van der Waals surface area contributed by atoms with Crippen molar-refractivity contribution in [3.8, 4) is 0 Å². The van der Waals surface area contributed by atoms with E-state index in [1.54, 1.807) is 11.4 Å². The molecule has 0 aromatic heterocycles. The Morgan fingerprint density at radius 3 is 2.39 bits per heavy atom. The highest BCUT2D eigenvalue weighted by Crippen LogP contribution is 2.20. The van der Waals surface area contributed by atoms with Crippen molar-refractivity contribution >= 4 is 10.2 Å². The summed E-state index contributed by atoms with van der Waals surface area (Å²) in [6.07, 6.45) is 2.78. The third kappa shape index (κ3) is 4.19. The molecule has 1 rings (SSSR count). The van der Waals surface area contributed by atoms with E-state index in [1.807, 2.05) is 6.92 Å². The molecule has 1 aliphatic heterocycles. The van der Waals surface area contributed by atoms with Crippen LogP contribution in [0.4, 0.5) is 0 Å². The lowest BCUT2D eigenvalue weighted by molar-refractivity contribution is 0.254. The summed E-state index contributed by atoms with van der Waals surface area (Å²) in [7, 11) is -1.55. The molecule has 108 valence electrons. The van der Waals surface area contributed by atoms with Crippen LogP contribution in [0.5, 0.6) is 0 Å². The van der Waals surface area contributed by atoms with Crippen LogP contribution in [0.1, 0.15) is 33.1 Å². The first-order valence-electron chi connectivity index (χ1n) is 6.94. The number of nitrogens with one attached hydrogen (secondary N) is 1. The number of nitrogens with zero attached hydrogens (tertiary/aromatic N) is 2. The van der Waals surface area contributed by atoms with Crippen molar-refractivity contribution in [1.29, 1.82) is 0 Å². The molecular formula is C12H27N3O2S. The van der Waals surface area contributed by atoms with Gasteiger partial charge in [-0.1, -0.05) is 13.8 Å². The number of rotatable bonds is 7. The second-order valence-electron chi connectivity index (χ2n) is 4.98. The number of hydrogen-bond donors (Lipinski definition) is 1. The van der Waals surface area contributed by atoms with E-state index in [4.69, 9.17) is 0 Å². The minimum atomic E-state index is -3.22. The lowest BCUT2D eigenvalue weighted by Gasteiger charge is -2.33. The Balaban J connectivity index is 2.46. The third-order valence-corrected chi connectivity index (χ3v) is 5.50.